The number of aliphatic hydroxyl groups is 1. The zero-order valence-corrected chi connectivity index (χ0v) is 8.86. The first-order chi connectivity index (χ1) is 7.04. The summed E-state index contributed by atoms with van der Waals surface area (Å²) < 4.78 is 4.99. The zero-order valence-electron chi connectivity index (χ0n) is 8.11. The van der Waals surface area contributed by atoms with Crippen LogP contribution in [0.4, 0.5) is 0 Å². The molecule has 2 N–H and O–H groups in total. The van der Waals surface area contributed by atoms with Crippen LogP contribution in [0.2, 0.25) is 5.02 Å². The summed E-state index contributed by atoms with van der Waals surface area (Å²) in [5.74, 6) is -0.655. The summed E-state index contributed by atoms with van der Waals surface area (Å²) in [5, 5.41) is 18.6. The van der Waals surface area contributed by atoms with Crippen molar-refractivity contribution in [1.82, 2.24) is 0 Å². The van der Waals surface area contributed by atoms with E-state index in [1.807, 2.05) is 0 Å². The lowest BCUT2D eigenvalue weighted by Gasteiger charge is -2.13. The van der Waals surface area contributed by atoms with Gasteiger partial charge in [0.05, 0.1) is 19.6 Å². The Morgan fingerprint density at radius 1 is 1.60 bits per heavy atom. The molecule has 0 radical (unpaired) electrons. The number of ether oxygens (including phenoxy) is 1. The lowest BCUT2D eigenvalue weighted by Crippen LogP contribution is -2.06. The van der Waals surface area contributed by atoms with E-state index >= 15 is 0 Å². The van der Waals surface area contributed by atoms with E-state index in [1.165, 1.54) is 13.2 Å². The van der Waals surface area contributed by atoms with Crippen LogP contribution in [0.5, 0.6) is 5.75 Å². The van der Waals surface area contributed by atoms with Gasteiger partial charge in [0.25, 0.3) is 0 Å². The largest absolute Gasteiger partial charge is 0.496 e. The highest BCUT2D eigenvalue weighted by Gasteiger charge is 2.16. The first-order valence-electron chi connectivity index (χ1n) is 4.28. The van der Waals surface area contributed by atoms with Gasteiger partial charge in [-0.05, 0) is 18.2 Å². The molecule has 4 nitrogen and oxygen atoms in total. The van der Waals surface area contributed by atoms with E-state index in [1.54, 1.807) is 12.1 Å². The highest BCUT2D eigenvalue weighted by Crippen LogP contribution is 2.29. The van der Waals surface area contributed by atoms with E-state index in [9.17, 15) is 9.90 Å². The molecule has 5 heteroatoms. The first-order valence-corrected chi connectivity index (χ1v) is 4.65. The summed E-state index contributed by atoms with van der Waals surface area (Å²) in [6.07, 6.45) is -1.49. The molecule has 82 valence electrons. The molecule has 0 amide bonds. The minimum Gasteiger partial charge on any atom is -0.496 e. The van der Waals surface area contributed by atoms with Crippen molar-refractivity contribution in [2.24, 2.45) is 0 Å². The van der Waals surface area contributed by atoms with Crippen molar-refractivity contribution in [2.45, 2.75) is 12.5 Å². The Labute approximate surface area is 92.1 Å². The van der Waals surface area contributed by atoms with Crippen LogP contribution in [-0.2, 0) is 4.79 Å². The normalized spacial score (nSPS) is 12.2. The number of benzene rings is 1. The van der Waals surface area contributed by atoms with Crippen LogP contribution < -0.4 is 4.74 Å². The Bertz CT molecular complexity index is 364. The van der Waals surface area contributed by atoms with Gasteiger partial charge in [0.15, 0.2) is 0 Å². The third-order valence-electron chi connectivity index (χ3n) is 1.92. The standard InChI is InChI=1S/C10H11ClO4/c1-15-9-3-2-6(11)4-7(9)8(12)5-10(13)14/h2-4,8,12H,5H2,1H3,(H,13,14). The molecule has 0 aliphatic rings. The average molecular weight is 231 g/mol. The molecule has 0 aliphatic carbocycles. The van der Waals surface area contributed by atoms with Gasteiger partial charge in [-0.15, -0.1) is 0 Å². The molecule has 1 unspecified atom stereocenters. The smallest absolute Gasteiger partial charge is 0.306 e. The van der Waals surface area contributed by atoms with Crippen LogP contribution in [0.3, 0.4) is 0 Å². The summed E-state index contributed by atoms with van der Waals surface area (Å²) in [5.41, 5.74) is 0.382. The minimum atomic E-state index is -1.11. The van der Waals surface area contributed by atoms with Gasteiger partial charge >= 0.3 is 5.97 Å². The Balaban J connectivity index is 2.99. The van der Waals surface area contributed by atoms with E-state index in [0.29, 0.717) is 16.3 Å². The van der Waals surface area contributed by atoms with Gasteiger partial charge in [0.2, 0.25) is 0 Å². The van der Waals surface area contributed by atoms with Crippen molar-refractivity contribution < 1.29 is 19.7 Å². The summed E-state index contributed by atoms with van der Waals surface area (Å²) in [4.78, 5) is 10.4. The molecule has 0 aromatic heterocycles. The predicted octanol–water partition coefficient (Wildman–Crippen LogP) is 1.86. The second-order valence-electron chi connectivity index (χ2n) is 3.00. The number of methoxy groups -OCH3 is 1. The monoisotopic (exact) mass is 230 g/mol. The van der Waals surface area contributed by atoms with Crippen molar-refractivity contribution in [3.8, 4) is 5.75 Å². The second kappa shape index (κ2) is 5.00. The second-order valence-corrected chi connectivity index (χ2v) is 3.44. The van der Waals surface area contributed by atoms with E-state index in [4.69, 9.17) is 21.4 Å². The first kappa shape index (κ1) is 11.8. The van der Waals surface area contributed by atoms with E-state index in [-0.39, 0.29) is 6.42 Å². The van der Waals surface area contributed by atoms with Crippen molar-refractivity contribution >= 4 is 17.6 Å². The molecule has 0 fully saturated rings. The molecule has 0 heterocycles. The lowest BCUT2D eigenvalue weighted by molar-refractivity contribution is -0.139. The molecule has 1 aromatic carbocycles. The topological polar surface area (TPSA) is 66.8 Å². The number of hydrogen-bond donors (Lipinski definition) is 2. The Hall–Kier alpha value is -1.26. The van der Waals surface area contributed by atoms with Gasteiger partial charge in [0.1, 0.15) is 5.75 Å². The third kappa shape index (κ3) is 3.11. The molecule has 0 spiro atoms. The number of aliphatic carboxylic acids is 1. The highest BCUT2D eigenvalue weighted by molar-refractivity contribution is 6.30. The number of hydrogen-bond acceptors (Lipinski definition) is 3. The number of carboxylic acids is 1. The molecule has 1 aromatic rings. The maximum Gasteiger partial charge on any atom is 0.306 e. The van der Waals surface area contributed by atoms with Crippen molar-refractivity contribution in [3.05, 3.63) is 28.8 Å². The zero-order chi connectivity index (χ0) is 11.4. The minimum absolute atomic E-state index is 0.378. The van der Waals surface area contributed by atoms with Crippen molar-refractivity contribution in [3.63, 3.8) is 0 Å². The van der Waals surface area contributed by atoms with E-state index in [0.717, 1.165) is 0 Å². The average Bonchev–Trinajstić information content (AvgIpc) is 2.16. The molecule has 0 saturated carbocycles. The summed E-state index contributed by atoms with van der Waals surface area (Å²) in [6.45, 7) is 0. The number of aliphatic hydroxyl groups excluding tert-OH is 1. The van der Waals surface area contributed by atoms with Crippen molar-refractivity contribution in [1.29, 1.82) is 0 Å². The Morgan fingerprint density at radius 3 is 2.80 bits per heavy atom. The summed E-state index contributed by atoms with van der Waals surface area (Å²) in [7, 11) is 1.44. The number of rotatable bonds is 4. The molecule has 0 saturated heterocycles. The fourth-order valence-corrected chi connectivity index (χ4v) is 1.42. The van der Waals surface area contributed by atoms with Gasteiger partial charge < -0.3 is 14.9 Å². The maximum absolute atomic E-state index is 10.4. The summed E-state index contributed by atoms with van der Waals surface area (Å²) >= 11 is 5.74. The van der Waals surface area contributed by atoms with E-state index in [2.05, 4.69) is 0 Å². The van der Waals surface area contributed by atoms with Crippen LogP contribution in [-0.4, -0.2) is 23.3 Å². The van der Waals surface area contributed by atoms with Gasteiger partial charge in [-0.1, -0.05) is 11.6 Å². The SMILES string of the molecule is COc1ccc(Cl)cc1C(O)CC(=O)O. The molecule has 1 rings (SSSR count). The van der Waals surface area contributed by atoms with Crippen LogP contribution in [0.25, 0.3) is 0 Å². The van der Waals surface area contributed by atoms with Gasteiger partial charge in [0, 0.05) is 10.6 Å². The Morgan fingerprint density at radius 2 is 2.27 bits per heavy atom. The van der Waals surface area contributed by atoms with Crippen molar-refractivity contribution in [2.75, 3.05) is 7.11 Å². The van der Waals surface area contributed by atoms with E-state index < -0.39 is 12.1 Å². The van der Waals surface area contributed by atoms with Gasteiger partial charge in [-0.25, -0.2) is 0 Å². The lowest BCUT2D eigenvalue weighted by atomic mass is 10.1. The molecule has 1 atom stereocenters. The maximum atomic E-state index is 10.4. The van der Waals surface area contributed by atoms with Gasteiger partial charge in [-0.3, -0.25) is 4.79 Å². The third-order valence-corrected chi connectivity index (χ3v) is 2.15. The number of halogens is 1. The fourth-order valence-electron chi connectivity index (χ4n) is 1.24. The molecular weight excluding hydrogens is 220 g/mol. The van der Waals surface area contributed by atoms with Crippen LogP contribution >= 0.6 is 11.6 Å². The predicted molar refractivity (Wildman–Crippen MR) is 55.2 cm³/mol. The van der Waals surface area contributed by atoms with Crippen LogP contribution in [0.15, 0.2) is 18.2 Å². The highest BCUT2D eigenvalue weighted by atomic mass is 35.5. The number of carboxylic acid groups (broad SMARTS) is 1. The van der Waals surface area contributed by atoms with Gasteiger partial charge in [-0.2, -0.15) is 0 Å². The van der Waals surface area contributed by atoms with Crippen LogP contribution in [0.1, 0.15) is 18.1 Å². The number of carbonyl (C=O) groups is 1. The molecule has 0 aliphatic heterocycles. The molecular formula is C10H11ClO4. The fraction of sp³-hybridized carbons (Fsp3) is 0.300. The Kier molecular flexibility index (Phi) is 3.94. The summed E-state index contributed by atoms with van der Waals surface area (Å²) in [6, 6.07) is 4.69. The molecule has 15 heavy (non-hydrogen) atoms. The molecule has 0 bridgehead atoms. The quantitative estimate of drug-likeness (QED) is 0.829. The van der Waals surface area contributed by atoms with Crippen LogP contribution in [0, 0.1) is 0 Å².